The molecule has 0 heterocycles. The SMILES string of the molecule is COCCOCCOCCOCCCCCCCCCCOc1cc(C(=O)NCc2ccc3ccc4cccc5ccc2c3c45)cc(OCCCCCCCCCCOCCOCCOCCOC)c1OCCCCCCCCCCOCCOCCOCCOC. The molecule has 0 fully saturated rings. The van der Waals surface area contributed by atoms with Crippen LogP contribution in [0.1, 0.15) is 170 Å². The van der Waals surface area contributed by atoms with Gasteiger partial charge in [0.15, 0.2) is 11.5 Å². The van der Waals surface area contributed by atoms with Crippen LogP contribution in [0, 0.1) is 0 Å². The van der Waals surface area contributed by atoms with Gasteiger partial charge in [-0.25, -0.2) is 0 Å². The number of carbonyl (C=O) groups is 1. The van der Waals surface area contributed by atoms with Crippen molar-refractivity contribution in [3.8, 4) is 17.2 Å². The molecule has 0 aliphatic heterocycles. The van der Waals surface area contributed by atoms with E-state index in [0.29, 0.717) is 168 Å². The lowest BCUT2D eigenvalue weighted by Gasteiger charge is -2.19. The van der Waals surface area contributed by atoms with Crippen LogP contribution in [0.25, 0.3) is 32.3 Å². The van der Waals surface area contributed by atoms with Gasteiger partial charge in [0.2, 0.25) is 5.75 Å². The van der Waals surface area contributed by atoms with Crippen molar-refractivity contribution in [2.24, 2.45) is 0 Å². The van der Waals surface area contributed by atoms with Crippen LogP contribution >= 0.6 is 0 Å². The summed E-state index contributed by atoms with van der Waals surface area (Å²) in [6, 6.07) is 23.3. The Hall–Kier alpha value is -4.47. The average Bonchev–Trinajstić information content (AvgIpc) is 0.749. The van der Waals surface area contributed by atoms with E-state index in [1.807, 2.05) is 12.1 Å². The fourth-order valence-electron chi connectivity index (χ4n) is 11.0. The molecule has 0 bridgehead atoms. The van der Waals surface area contributed by atoms with E-state index in [1.165, 1.54) is 104 Å². The molecule has 0 saturated heterocycles. The van der Waals surface area contributed by atoms with E-state index < -0.39 is 0 Å². The number of nitrogens with one attached hydrogen (secondary N) is 1. The number of hydrogen-bond acceptors (Lipinski definition) is 16. The number of methoxy groups -OCH3 is 3. The third-order valence-corrected chi connectivity index (χ3v) is 16.2. The normalized spacial score (nSPS) is 11.7. The molecule has 92 heavy (non-hydrogen) atoms. The molecule has 0 radical (unpaired) electrons. The largest absolute Gasteiger partial charge is 0.490 e. The summed E-state index contributed by atoms with van der Waals surface area (Å²) in [6.45, 7) is 14.8. The first-order valence-corrected chi connectivity index (χ1v) is 35.3. The van der Waals surface area contributed by atoms with E-state index in [9.17, 15) is 4.79 Å². The van der Waals surface area contributed by atoms with Crippen LogP contribution in [0.5, 0.6) is 17.2 Å². The summed E-state index contributed by atoms with van der Waals surface area (Å²) in [5.74, 6) is 1.54. The molecule has 0 unspecified atom stereocenters. The van der Waals surface area contributed by atoms with E-state index in [2.05, 4.69) is 59.9 Å². The van der Waals surface area contributed by atoms with Crippen molar-refractivity contribution < 1.29 is 75.8 Å². The lowest BCUT2D eigenvalue weighted by Crippen LogP contribution is -2.23. The zero-order chi connectivity index (χ0) is 64.7. The van der Waals surface area contributed by atoms with E-state index in [-0.39, 0.29) is 5.91 Å². The van der Waals surface area contributed by atoms with Crippen LogP contribution in [0.4, 0.5) is 0 Å². The number of ether oxygens (including phenoxy) is 15. The minimum atomic E-state index is -0.182. The van der Waals surface area contributed by atoms with Crippen molar-refractivity contribution in [1.82, 2.24) is 5.32 Å². The number of unbranched alkanes of at least 4 members (excludes halogenated alkanes) is 21. The molecule has 5 aromatic carbocycles. The van der Waals surface area contributed by atoms with E-state index in [4.69, 9.17) is 71.1 Å². The fraction of sp³-hybridized carbons (Fsp3) is 0.693. The summed E-state index contributed by atoms with van der Waals surface area (Å²) in [5.41, 5.74) is 1.56. The Morgan fingerprint density at radius 1 is 0.304 bits per heavy atom. The first-order chi connectivity index (χ1) is 45.6. The lowest BCUT2D eigenvalue weighted by molar-refractivity contribution is 0.00323. The van der Waals surface area contributed by atoms with Crippen LogP contribution in [-0.2, 0) is 63.4 Å². The van der Waals surface area contributed by atoms with E-state index >= 15 is 0 Å². The molecule has 17 heteroatoms. The molecular weight excluding hydrogens is 1170 g/mol. The number of amides is 1. The van der Waals surface area contributed by atoms with E-state index in [0.717, 1.165) is 108 Å². The van der Waals surface area contributed by atoms with Crippen LogP contribution < -0.4 is 19.5 Å². The first kappa shape index (κ1) is 78.2. The molecule has 0 aliphatic rings. The van der Waals surface area contributed by atoms with E-state index in [1.54, 1.807) is 21.3 Å². The highest BCUT2D eigenvalue weighted by atomic mass is 16.6. The highest BCUT2D eigenvalue weighted by Crippen LogP contribution is 2.40. The van der Waals surface area contributed by atoms with Crippen molar-refractivity contribution in [3.05, 3.63) is 77.9 Å². The molecule has 0 spiro atoms. The second kappa shape index (κ2) is 54.7. The van der Waals surface area contributed by atoms with Gasteiger partial charge in [-0.05, 0) is 88.5 Å². The smallest absolute Gasteiger partial charge is 0.251 e. The van der Waals surface area contributed by atoms with Crippen LogP contribution in [-0.4, -0.2) is 186 Å². The fourth-order valence-corrected chi connectivity index (χ4v) is 11.0. The van der Waals surface area contributed by atoms with Crippen molar-refractivity contribution in [1.29, 1.82) is 0 Å². The highest BCUT2D eigenvalue weighted by Gasteiger charge is 2.20. The Bertz CT molecular complexity index is 2450. The molecule has 0 aliphatic carbocycles. The van der Waals surface area contributed by atoms with Crippen LogP contribution in [0.2, 0.25) is 0 Å². The van der Waals surface area contributed by atoms with Gasteiger partial charge in [0, 0.05) is 53.3 Å². The Morgan fingerprint density at radius 3 is 0.967 bits per heavy atom. The second-order valence-corrected chi connectivity index (χ2v) is 23.6. The summed E-state index contributed by atoms with van der Waals surface area (Å²) >= 11 is 0. The van der Waals surface area contributed by atoms with Crippen molar-refractivity contribution in [3.63, 3.8) is 0 Å². The number of carbonyl (C=O) groups excluding carboxylic acids is 1. The van der Waals surface area contributed by atoms with Gasteiger partial charge in [-0.1, -0.05) is 170 Å². The minimum absolute atomic E-state index is 0.182. The van der Waals surface area contributed by atoms with Gasteiger partial charge in [-0.15, -0.1) is 0 Å². The first-order valence-electron chi connectivity index (χ1n) is 35.3. The minimum Gasteiger partial charge on any atom is -0.490 e. The van der Waals surface area contributed by atoms with Gasteiger partial charge in [-0.2, -0.15) is 0 Å². The third kappa shape index (κ3) is 35.3. The maximum Gasteiger partial charge on any atom is 0.251 e. The van der Waals surface area contributed by atoms with Crippen LogP contribution in [0.15, 0.2) is 66.7 Å². The number of rotatable bonds is 66. The zero-order valence-electron chi connectivity index (χ0n) is 57.0. The summed E-state index contributed by atoms with van der Waals surface area (Å²) in [6.07, 6.45) is 26.9. The van der Waals surface area contributed by atoms with Gasteiger partial charge in [-0.3, -0.25) is 4.79 Å². The average molecular weight is 1290 g/mol. The second-order valence-electron chi connectivity index (χ2n) is 23.6. The Balaban J connectivity index is 1.11. The predicted octanol–water partition coefficient (Wildman–Crippen LogP) is 15.1. The van der Waals surface area contributed by atoms with Crippen molar-refractivity contribution in [2.75, 3.05) is 180 Å². The van der Waals surface area contributed by atoms with Gasteiger partial charge >= 0.3 is 0 Å². The maximum absolute atomic E-state index is 14.5. The predicted molar refractivity (Wildman–Crippen MR) is 368 cm³/mol. The van der Waals surface area contributed by atoms with Gasteiger partial charge in [0.1, 0.15) is 0 Å². The standard InChI is InChI=1S/C75H119NO16/c1-78-43-46-84-55-58-87-52-49-81-37-22-16-10-4-7-13-19-25-40-90-70-61-68(75(77)76-63-67-34-33-66-32-31-64-29-28-30-65-35-36-69(67)73(66)72(64)65)62-71(91-41-26-20-14-8-5-11-17-23-38-82-50-53-88-59-56-85-47-44-79-2)74(70)92-42-27-21-15-9-6-12-18-24-39-83-51-54-89-60-57-86-48-45-80-3/h28-36,61-62H,4-27,37-60,63H2,1-3H3,(H,76,77). The number of hydrogen-bond donors (Lipinski definition) is 1. The molecule has 5 aromatic rings. The molecule has 0 aromatic heterocycles. The van der Waals surface area contributed by atoms with Crippen molar-refractivity contribution >= 4 is 38.2 Å². The lowest BCUT2D eigenvalue weighted by atomic mass is 9.92. The molecule has 17 nitrogen and oxygen atoms in total. The summed E-state index contributed by atoms with van der Waals surface area (Å²) in [5, 5.41) is 10.6. The Morgan fingerprint density at radius 2 is 0.598 bits per heavy atom. The van der Waals surface area contributed by atoms with Crippen molar-refractivity contribution in [2.45, 2.75) is 161 Å². The highest BCUT2D eigenvalue weighted by molar-refractivity contribution is 6.23. The van der Waals surface area contributed by atoms with Gasteiger partial charge in [0.25, 0.3) is 5.91 Å². The molecule has 5 rings (SSSR count). The number of benzene rings is 5. The molecule has 0 saturated carbocycles. The monoisotopic (exact) mass is 1290 g/mol. The Labute approximate surface area is 552 Å². The van der Waals surface area contributed by atoms with Gasteiger partial charge < -0.3 is 76.4 Å². The molecule has 1 amide bonds. The zero-order valence-corrected chi connectivity index (χ0v) is 57.0. The van der Waals surface area contributed by atoms with Crippen LogP contribution in [0.3, 0.4) is 0 Å². The summed E-state index contributed by atoms with van der Waals surface area (Å²) in [4.78, 5) is 14.5. The maximum atomic E-state index is 14.5. The molecule has 0 atom stereocenters. The van der Waals surface area contributed by atoms with Gasteiger partial charge in [0.05, 0.1) is 139 Å². The summed E-state index contributed by atoms with van der Waals surface area (Å²) in [7, 11) is 5.01. The topological polar surface area (TPSA) is 168 Å². The molecule has 520 valence electrons. The Kier molecular flexibility index (Phi) is 46.6. The third-order valence-electron chi connectivity index (χ3n) is 16.2. The quantitative estimate of drug-likeness (QED) is 0.0288. The molecule has 1 N–H and O–H groups in total. The summed E-state index contributed by atoms with van der Waals surface area (Å²) < 4.78 is 85.4. The molecular formula is C75H119NO16.